The quantitative estimate of drug-likeness (QED) is 0.299. The lowest BCUT2D eigenvalue weighted by molar-refractivity contribution is 0.0648. The van der Waals surface area contributed by atoms with Crippen LogP contribution in [0.4, 0.5) is 0 Å². The second-order valence-corrected chi connectivity index (χ2v) is 11.1. The van der Waals surface area contributed by atoms with E-state index in [1.54, 1.807) is 25.1 Å². The molecular weight excluding hydrogens is 522 g/mol. The van der Waals surface area contributed by atoms with Gasteiger partial charge in [0.25, 0.3) is 5.91 Å². The molecule has 1 aliphatic heterocycles. The number of carbonyl (C=O) groups is 1. The molecule has 3 unspecified atom stereocenters. The lowest BCUT2D eigenvalue weighted by atomic mass is 9.97. The summed E-state index contributed by atoms with van der Waals surface area (Å²) >= 11 is 1.58. The van der Waals surface area contributed by atoms with Crippen LogP contribution in [-0.4, -0.2) is 65.4 Å². The molecule has 7 nitrogen and oxygen atoms in total. The standard InChI is InChI=1S/C30H39N3O4S.C2H6/c1-22-10-7-16-27(31-22)30(35)32-28(18-23-11-5-3-4-6-12-23)29(34)21-33(20-25-14-9-17-37-25)38-26-15-8-13-24(19-26)36-2;1-2/h3,5,7-8,10-11,13,15-16,19,25,28-29,34H,4,6,9,12,14,17-18,20-21H2,1-2H3,(H,32,35);1-2H3. The molecule has 2 N–H and O–H groups in total. The van der Waals surface area contributed by atoms with Crippen molar-refractivity contribution in [1.82, 2.24) is 14.6 Å². The Labute approximate surface area is 244 Å². The van der Waals surface area contributed by atoms with Gasteiger partial charge in [-0.3, -0.25) is 4.79 Å². The average molecular weight is 568 g/mol. The Morgan fingerprint density at radius 2 is 2.08 bits per heavy atom. The summed E-state index contributed by atoms with van der Waals surface area (Å²) < 4.78 is 13.5. The number of ether oxygens (including phenoxy) is 2. The minimum absolute atomic E-state index is 0.125. The number of hydrogen-bond donors (Lipinski definition) is 2. The summed E-state index contributed by atoms with van der Waals surface area (Å²) in [6.45, 7) is 7.70. The number of allylic oxidation sites excluding steroid dienone is 3. The molecule has 2 aliphatic rings. The number of aromatic nitrogens is 1. The number of pyridine rings is 1. The maximum atomic E-state index is 13.2. The van der Waals surface area contributed by atoms with E-state index in [1.807, 2.05) is 57.2 Å². The minimum atomic E-state index is -0.795. The Morgan fingerprint density at radius 3 is 2.83 bits per heavy atom. The fourth-order valence-corrected chi connectivity index (χ4v) is 5.86. The van der Waals surface area contributed by atoms with E-state index >= 15 is 0 Å². The first-order valence-corrected chi connectivity index (χ1v) is 15.2. The third-order valence-corrected chi connectivity index (χ3v) is 7.84. The third-order valence-electron chi connectivity index (χ3n) is 6.82. The maximum Gasteiger partial charge on any atom is 0.270 e. The summed E-state index contributed by atoms with van der Waals surface area (Å²) in [5.41, 5.74) is 2.37. The number of aliphatic hydroxyl groups is 1. The summed E-state index contributed by atoms with van der Waals surface area (Å²) in [6.07, 6.45) is 11.4. The summed E-state index contributed by atoms with van der Waals surface area (Å²) in [5, 5.41) is 14.7. The monoisotopic (exact) mass is 567 g/mol. The normalized spacial score (nSPS) is 18.2. The molecule has 1 fully saturated rings. The highest BCUT2D eigenvalue weighted by Gasteiger charge is 2.28. The average Bonchev–Trinajstić information content (AvgIpc) is 3.34. The van der Waals surface area contributed by atoms with E-state index in [-0.39, 0.29) is 12.0 Å². The van der Waals surface area contributed by atoms with Crippen molar-refractivity contribution in [3.8, 4) is 5.75 Å². The lowest BCUT2D eigenvalue weighted by Gasteiger charge is -2.31. The summed E-state index contributed by atoms with van der Waals surface area (Å²) in [7, 11) is 1.66. The number of aryl methyl sites for hydroxylation is 1. The minimum Gasteiger partial charge on any atom is -0.497 e. The van der Waals surface area contributed by atoms with Crippen LogP contribution in [0, 0.1) is 6.92 Å². The number of nitrogens with zero attached hydrogens (tertiary/aromatic N) is 2. The molecule has 1 aromatic heterocycles. The van der Waals surface area contributed by atoms with Crippen molar-refractivity contribution < 1.29 is 19.4 Å². The van der Waals surface area contributed by atoms with Crippen molar-refractivity contribution in [1.29, 1.82) is 0 Å². The number of methoxy groups -OCH3 is 1. The van der Waals surface area contributed by atoms with Gasteiger partial charge < -0.3 is 19.9 Å². The number of hydrogen-bond acceptors (Lipinski definition) is 7. The second kappa shape index (κ2) is 17.2. The lowest BCUT2D eigenvalue weighted by Crippen LogP contribution is -2.48. The topological polar surface area (TPSA) is 83.9 Å². The van der Waals surface area contributed by atoms with Crippen molar-refractivity contribution in [2.45, 2.75) is 82.4 Å². The van der Waals surface area contributed by atoms with Crippen LogP contribution in [0.5, 0.6) is 5.75 Å². The Hall–Kier alpha value is -2.65. The Balaban J connectivity index is 0.00000216. The molecule has 0 bridgehead atoms. The number of aliphatic hydroxyl groups excluding tert-OH is 1. The number of nitrogens with one attached hydrogen (secondary N) is 1. The van der Waals surface area contributed by atoms with Crippen LogP contribution in [0.1, 0.15) is 68.6 Å². The van der Waals surface area contributed by atoms with Crippen molar-refractivity contribution in [2.24, 2.45) is 0 Å². The van der Waals surface area contributed by atoms with Crippen molar-refractivity contribution in [3.63, 3.8) is 0 Å². The van der Waals surface area contributed by atoms with Crippen molar-refractivity contribution in [3.05, 3.63) is 77.7 Å². The van der Waals surface area contributed by atoms with Gasteiger partial charge >= 0.3 is 0 Å². The van der Waals surface area contributed by atoms with E-state index < -0.39 is 12.1 Å². The van der Waals surface area contributed by atoms with Gasteiger partial charge in [0.2, 0.25) is 0 Å². The van der Waals surface area contributed by atoms with E-state index in [2.05, 4.69) is 32.8 Å². The molecule has 218 valence electrons. The molecule has 3 atom stereocenters. The van der Waals surface area contributed by atoms with Gasteiger partial charge in [-0.15, -0.1) is 0 Å². The van der Waals surface area contributed by atoms with Crippen LogP contribution in [0.25, 0.3) is 0 Å². The molecular formula is C32H45N3O4S. The number of benzene rings is 1. The number of amides is 1. The highest BCUT2D eigenvalue weighted by molar-refractivity contribution is 7.97. The first kappa shape index (κ1) is 31.9. The molecule has 0 spiro atoms. The largest absolute Gasteiger partial charge is 0.497 e. The van der Waals surface area contributed by atoms with Crippen LogP contribution in [0.2, 0.25) is 0 Å². The number of carbonyl (C=O) groups excluding carboxylic acids is 1. The van der Waals surface area contributed by atoms with Crippen LogP contribution >= 0.6 is 11.9 Å². The Kier molecular flexibility index (Phi) is 13.7. The molecule has 2 aromatic rings. The summed E-state index contributed by atoms with van der Waals surface area (Å²) in [6, 6.07) is 12.9. The Bertz CT molecular complexity index is 1120. The van der Waals surface area contributed by atoms with Crippen LogP contribution in [0.15, 0.2) is 71.2 Å². The molecule has 0 saturated carbocycles. The van der Waals surface area contributed by atoms with Crippen LogP contribution < -0.4 is 10.1 Å². The first-order valence-electron chi connectivity index (χ1n) is 14.5. The molecule has 0 radical (unpaired) electrons. The van der Waals surface area contributed by atoms with Gasteiger partial charge in [0.1, 0.15) is 11.4 Å². The third kappa shape index (κ3) is 10.4. The molecule has 1 saturated heterocycles. The van der Waals surface area contributed by atoms with Gasteiger partial charge in [-0.1, -0.05) is 49.8 Å². The molecule has 2 heterocycles. The summed E-state index contributed by atoms with van der Waals surface area (Å²) in [5.74, 6) is 0.519. The van der Waals surface area contributed by atoms with Crippen LogP contribution in [-0.2, 0) is 4.74 Å². The molecule has 4 rings (SSSR count). The van der Waals surface area contributed by atoms with Gasteiger partial charge in [0.15, 0.2) is 0 Å². The van der Waals surface area contributed by atoms with Gasteiger partial charge in [0.05, 0.1) is 25.4 Å². The molecule has 1 aliphatic carbocycles. The van der Waals surface area contributed by atoms with Gasteiger partial charge in [-0.25, -0.2) is 9.29 Å². The first-order chi connectivity index (χ1) is 19.5. The SMILES string of the molecule is CC.COc1cccc(SN(CC2CCCO2)CC(O)C(CC2=CC=CCCC2)NC(=O)c2cccc(C)n2)c1. The fourth-order valence-electron chi connectivity index (χ4n) is 4.79. The predicted octanol–water partition coefficient (Wildman–Crippen LogP) is 6.13. The van der Waals surface area contributed by atoms with Crippen molar-refractivity contribution in [2.75, 3.05) is 26.8 Å². The van der Waals surface area contributed by atoms with Gasteiger partial charge in [0, 0.05) is 30.3 Å². The van der Waals surface area contributed by atoms with E-state index in [0.717, 1.165) is 55.0 Å². The van der Waals surface area contributed by atoms with Gasteiger partial charge in [-0.05, 0) is 87.7 Å². The van der Waals surface area contributed by atoms with E-state index in [0.29, 0.717) is 25.2 Å². The fraction of sp³-hybridized carbons (Fsp3) is 0.500. The molecule has 1 aromatic carbocycles. The van der Waals surface area contributed by atoms with Crippen LogP contribution in [0.3, 0.4) is 0 Å². The van der Waals surface area contributed by atoms with E-state index in [9.17, 15) is 9.90 Å². The summed E-state index contributed by atoms with van der Waals surface area (Å²) in [4.78, 5) is 18.6. The zero-order chi connectivity index (χ0) is 28.7. The van der Waals surface area contributed by atoms with E-state index in [4.69, 9.17) is 9.47 Å². The van der Waals surface area contributed by atoms with Gasteiger partial charge in [-0.2, -0.15) is 0 Å². The smallest absolute Gasteiger partial charge is 0.270 e. The number of rotatable bonds is 12. The van der Waals surface area contributed by atoms with E-state index in [1.165, 1.54) is 5.57 Å². The van der Waals surface area contributed by atoms with Crippen molar-refractivity contribution >= 4 is 17.9 Å². The highest BCUT2D eigenvalue weighted by Crippen LogP contribution is 2.29. The highest BCUT2D eigenvalue weighted by atomic mass is 32.2. The predicted molar refractivity (Wildman–Crippen MR) is 163 cm³/mol. The maximum absolute atomic E-state index is 13.2. The zero-order valence-corrected chi connectivity index (χ0v) is 25.2. The second-order valence-electron chi connectivity index (χ2n) is 9.91. The molecule has 8 heteroatoms. The zero-order valence-electron chi connectivity index (χ0n) is 24.3. The Morgan fingerprint density at radius 1 is 1.25 bits per heavy atom. The molecule has 40 heavy (non-hydrogen) atoms. The molecule has 1 amide bonds.